The van der Waals surface area contributed by atoms with Crippen LogP contribution >= 0.6 is 0 Å². The quantitative estimate of drug-likeness (QED) is 0.854. The molecular formula is C15H18O2. The lowest BCUT2D eigenvalue weighted by Crippen LogP contribution is -2.16. The van der Waals surface area contributed by atoms with Gasteiger partial charge in [-0.3, -0.25) is 0 Å². The van der Waals surface area contributed by atoms with Crippen molar-refractivity contribution in [1.82, 2.24) is 0 Å². The normalized spacial score (nSPS) is 13.6. The van der Waals surface area contributed by atoms with E-state index in [9.17, 15) is 5.11 Å². The van der Waals surface area contributed by atoms with Gasteiger partial charge in [0.2, 0.25) is 0 Å². The van der Waals surface area contributed by atoms with Crippen molar-refractivity contribution in [2.24, 2.45) is 0 Å². The van der Waals surface area contributed by atoms with Crippen molar-refractivity contribution in [3.63, 3.8) is 0 Å². The average Bonchev–Trinajstić information content (AvgIpc) is 2.80. The maximum absolute atomic E-state index is 10.4. The van der Waals surface area contributed by atoms with Crippen LogP contribution in [0.1, 0.15) is 43.6 Å². The van der Waals surface area contributed by atoms with Gasteiger partial charge in [-0.05, 0) is 22.6 Å². The Morgan fingerprint density at radius 2 is 1.82 bits per heavy atom. The van der Waals surface area contributed by atoms with Gasteiger partial charge >= 0.3 is 0 Å². The molecule has 2 nitrogen and oxygen atoms in total. The summed E-state index contributed by atoms with van der Waals surface area (Å²) >= 11 is 0. The van der Waals surface area contributed by atoms with Gasteiger partial charge < -0.3 is 9.52 Å². The van der Waals surface area contributed by atoms with Crippen molar-refractivity contribution in [2.75, 3.05) is 0 Å². The molecule has 1 aromatic heterocycles. The Balaban J connectivity index is 2.46. The minimum atomic E-state index is -0.621. The van der Waals surface area contributed by atoms with Crippen molar-refractivity contribution in [2.45, 2.75) is 32.3 Å². The standard InChI is InChI=1S/C15H18O2/c1-15(2,3)13-7-5-4-6-12(13)14(16)11-8-9-17-10-11/h4-10,14,16H,1-3H3. The van der Waals surface area contributed by atoms with Crippen LogP contribution in [-0.2, 0) is 5.41 Å². The molecule has 0 saturated carbocycles. The Morgan fingerprint density at radius 1 is 1.12 bits per heavy atom. The molecule has 0 aliphatic heterocycles. The highest BCUT2D eigenvalue weighted by atomic mass is 16.3. The molecule has 1 atom stereocenters. The lowest BCUT2D eigenvalue weighted by molar-refractivity contribution is 0.216. The molecule has 0 saturated heterocycles. The Labute approximate surface area is 102 Å². The molecule has 0 fully saturated rings. The van der Waals surface area contributed by atoms with Crippen LogP contribution in [0, 0.1) is 0 Å². The SMILES string of the molecule is CC(C)(C)c1ccccc1C(O)c1ccoc1. The van der Waals surface area contributed by atoms with Gasteiger partial charge in [0, 0.05) is 5.56 Å². The number of aliphatic hydroxyl groups is 1. The lowest BCUT2D eigenvalue weighted by Gasteiger charge is -2.24. The first-order valence-electron chi connectivity index (χ1n) is 5.79. The second-order valence-corrected chi connectivity index (χ2v) is 5.30. The van der Waals surface area contributed by atoms with Gasteiger partial charge in [0.1, 0.15) is 6.10 Å². The van der Waals surface area contributed by atoms with Crippen LogP contribution in [0.15, 0.2) is 47.3 Å². The summed E-state index contributed by atoms with van der Waals surface area (Å²) in [7, 11) is 0. The molecule has 1 N–H and O–H groups in total. The zero-order chi connectivity index (χ0) is 12.5. The van der Waals surface area contributed by atoms with E-state index in [0.29, 0.717) is 0 Å². The fourth-order valence-electron chi connectivity index (χ4n) is 2.03. The summed E-state index contributed by atoms with van der Waals surface area (Å²) in [6, 6.07) is 9.79. The molecule has 2 rings (SSSR count). The van der Waals surface area contributed by atoms with E-state index in [0.717, 1.165) is 16.7 Å². The van der Waals surface area contributed by atoms with E-state index in [2.05, 4.69) is 26.8 Å². The summed E-state index contributed by atoms with van der Waals surface area (Å²) in [4.78, 5) is 0. The van der Waals surface area contributed by atoms with Gasteiger partial charge in [0.15, 0.2) is 0 Å². The van der Waals surface area contributed by atoms with Crippen LogP contribution in [0.4, 0.5) is 0 Å². The number of furan rings is 1. The number of benzene rings is 1. The summed E-state index contributed by atoms with van der Waals surface area (Å²) in [6.07, 6.45) is 2.55. The average molecular weight is 230 g/mol. The highest BCUT2D eigenvalue weighted by Gasteiger charge is 2.22. The molecular weight excluding hydrogens is 212 g/mol. The zero-order valence-corrected chi connectivity index (χ0v) is 10.5. The minimum Gasteiger partial charge on any atom is -0.472 e. The molecule has 2 heteroatoms. The summed E-state index contributed by atoms with van der Waals surface area (Å²) in [5.74, 6) is 0. The van der Waals surface area contributed by atoms with Crippen molar-refractivity contribution >= 4 is 0 Å². The van der Waals surface area contributed by atoms with Crippen LogP contribution in [0.3, 0.4) is 0 Å². The smallest absolute Gasteiger partial charge is 0.107 e. The topological polar surface area (TPSA) is 33.4 Å². The summed E-state index contributed by atoms with van der Waals surface area (Å²) in [5, 5.41) is 10.4. The van der Waals surface area contributed by atoms with Gasteiger partial charge in [-0.2, -0.15) is 0 Å². The molecule has 0 aliphatic rings. The van der Waals surface area contributed by atoms with Crippen molar-refractivity contribution < 1.29 is 9.52 Å². The van der Waals surface area contributed by atoms with Gasteiger partial charge in [0.05, 0.1) is 12.5 Å². The van der Waals surface area contributed by atoms with Crippen molar-refractivity contribution in [1.29, 1.82) is 0 Å². The van der Waals surface area contributed by atoms with E-state index in [1.54, 1.807) is 18.6 Å². The highest BCUT2D eigenvalue weighted by Crippen LogP contribution is 2.32. The van der Waals surface area contributed by atoms with E-state index in [1.807, 2.05) is 18.2 Å². The molecule has 2 aromatic rings. The third kappa shape index (κ3) is 2.42. The first-order valence-corrected chi connectivity index (χ1v) is 5.79. The summed E-state index contributed by atoms with van der Waals surface area (Å²) in [5.41, 5.74) is 2.92. The first kappa shape index (κ1) is 11.9. The Kier molecular flexibility index (Phi) is 3.07. The molecule has 0 aliphatic carbocycles. The van der Waals surface area contributed by atoms with Gasteiger partial charge in [-0.1, -0.05) is 45.0 Å². The maximum atomic E-state index is 10.4. The first-order chi connectivity index (χ1) is 8.00. The van der Waals surface area contributed by atoms with Crippen molar-refractivity contribution in [3.05, 3.63) is 59.5 Å². The Bertz CT molecular complexity index is 478. The number of hydrogen-bond donors (Lipinski definition) is 1. The molecule has 1 aromatic carbocycles. The molecule has 0 amide bonds. The Hall–Kier alpha value is -1.54. The molecule has 90 valence electrons. The Morgan fingerprint density at radius 3 is 2.41 bits per heavy atom. The maximum Gasteiger partial charge on any atom is 0.107 e. The van der Waals surface area contributed by atoms with E-state index < -0.39 is 6.10 Å². The monoisotopic (exact) mass is 230 g/mol. The fraction of sp³-hybridized carbons (Fsp3) is 0.333. The summed E-state index contributed by atoms with van der Waals surface area (Å²) in [6.45, 7) is 6.44. The zero-order valence-electron chi connectivity index (χ0n) is 10.5. The van der Waals surface area contributed by atoms with Crippen LogP contribution in [0.25, 0.3) is 0 Å². The minimum absolute atomic E-state index is 0.0152. The number of rotatable bonds is 2. The molecule has 17 heavy (non-hydrogen) atoms. The van der Waals surface area contributed by atoms with E-state index in [-0.39, 0.29) is 5.41 Å². The van der Waals surface area contributed by atoms with Crippen LogP contribution < -0.4 is 0 Å². The largest absolute Gasteiger partial charge is 0.472 e. The molecule has 1 unspecified atom stereocenters. The second-order valence-electron chi connectivity index (χ2n) is 5.30. The predicted molar refractivity (Wildman–Crippen MR) is 67.9 cm³/mol. The lowest BCUT2D eigenvalue weighted by atomic mass is 9.81. The van der Waals surface area contributed by atoms with Crippen LogP contribution in [0.5, 0.6) is 0 Å². The summed E-state index contributed by atoms with van der Waals surface area (Å²) < 4.78 is 5.02. The second kappa shape index (κ2) is 4.38. The van der Waals surface area contributed by atoms with Crippen LogP contribution in [0.2, 0.25) is 0 Å². The van der Waals surface area contributed by atoms with E-state index >= 15 is 0 Å². The van der Waals surface area contributed by atoms with Crippen molar-refractivity contribution in [3.8, 4) is 0 Å². The highest BCUT2D eigenvalue weighted by molar-refractivity contribution is 5.38. The molecule has 0 radical (unpaired) electrons. The number of aliphatic hydroxyl groups excluding tert-OH is 1. The third-order valence-corrected chi connectivity index (χ3v) is 2.92. The van der Waals surface area contributed by atoms with Crippen LogP contribution in [-0.4, -0.2) is 5.11 Å². The fourth-order valence-corrected chi connectivity index (χ4v) is 2.03. The van der Waals surface area contributed by atoms with Gasteiger partial charge in [-0.15, -0.1) is 0 Å². The number of hydrogen-bond acceptors (Lipinski definition) is 2. The van der Waals surface area contributed by atoms with E-state index in [1.165, 1.54) is 0 Å². The molecule has 0 spiro atoms. The van der Waals surface area contributed by atoms with Gasteiger partial charge in [0.25, 0.3) is 0 Å². The van der Waals surface area contributed by atoms with E-state index in [4.69, 9.17) is 4.42 Å². The predicted octanol–water partition coefficient (Wildman–Crippen LogP) is 3.66. The van der Waals surface area contributed by atoms with Gasteiger partial charge in [-0.25, -0.2) is 0 Å². The molecule has 1 heterocycles. The molecule has 0 bridgehead atoms. The third-order valence-electron chi connectivity index (χ3n) is 2.92.